The molecule has 310 valence electrons. The van der Waals surface area contributed by atoms with Gasteiger partial charge in [-0.05, 0) is 82.9 Å². The monoisotopic (exact) mass is 856 g/mol. The number of aryl methyl sites for hydroxylation is 1. The molecule has 2 aliphatic carbocycles. The largest absolute Gasteiger partial charge is 0.360 e. The van der Waals surface area contributed by atoms with Crippen LogP contribution in [0.4, 0.5) is 26.3 Å². The van der Waals surface area contributed by atoms with E-state index >= 15 is 8.78 Å². The molecule has 1 N–H and O–H groups in total. The number of carbonyl (C=O) groups is 1. The van der Waals surface area contributed by atoms with E-state index in [1.165, 1.54) is 6.26 Å². The number of hydrogen-bond donors (Lipinski definition) is 1. The van der Waals surface area contributed by atoms with Crippen molar-refractivity contribution in [3.8, 4) is 23.0 Å². The first kappa shape index (κ1) is 41.1. The molecule has 0 spiro atoms. The smallest absolute Gasteiger partial charge is 0.293 e. The number of nitrogens with one attached hydrogen (secondary N) is 1. The number of benzene rings is 2. The van der Waals surface area contributed by atoms with Crippen molar-refractivity contribution in [3.63, 3.8) is 0 Å². The molecular weight excluding hydrogens is 818 g/mol. The first-order valence-corrected chi connectivity index (χ1v) is 21.6. The Morgan fingerprint density at radius 1 is 1.12 bits per heavy atom. The van der Waals surface area contributed by atoms with Crippen LogP contribution in [0.25, 0.3) is 22.0 Å². The third kappa shape index (κ3) is 8.02. The average molecular weight is 857 g/mol. The number of hydrogen-bond acceptors (Lipinski definition) is 7. The van der Waals surface area contributed by atoms with Crippen LogP contribution >= 0.6 is 11.6 Å². The van der Waals surface area contributed by atoms with Gasteiger partial charge in [0.25, 0.3) is 12.3 Å². The van der Waals surface area contributed by atoms with Gasteiger partial charge in [-0.1, -0.05) is 23.6 Å². The number of morpholine rings is 1. The second-order valence-electron chi connectivity index (χ2n) is 16.0. The number of aromatic nitrogens is 5. The summed E-state index contributed by atoms with van der Waals surface area (Å²) in [5.74, 6) is 1.31. The fourth-order valence-electron chi connectivity index (χ4n) is 8.51. The van der Waals surface area contributed by atoms with Crippen molar-refractivity contribution in [1.29, 1.82) is 0 Å². The van der Waals surface area contributed by atoms with Crippen LogP contribution in [0.2, 0.25) is 5.02 Å². The molecule has 3 aliphatic rings. The van der Waals surface area contributed by atoms with E-state index in [4.69, 9.17) is 21.3 Å². The lowest BCUT2D eigenvalue weighted by Gasteiger charge is -2.29. The number of pyridine rings is 1. The van der Waals surface area contributed by atoms with E-state index in [1.807, 2.05) is 6.92 Å². The molecular formula is C42H39ClF6N6O3S. The Morgan fingerprint density at radius 3 is 2.53 bits per heavy atom. The number of alkyl halides is 4. The highest BCUT2D eigenvalue weighted by molar-refractivity contribution is 7.98. The summed E-state index contributed by atoms with van der Waals surface area (Å²) in [5, 5.41) is 12.6. The van der Waals surface area contributed by atoms with Gasteiger partial charge in [0.2, 0.25) is 0 Å². The second kappa shape index (κ2) is 15.1. The molecule has 59 heavy (non-hydrogen) atoms. The molecule has 3 aromatic heterocycles. The highest BCUT2D eigenvalue weighted by Crippen LogP contribution is 2.68. The molecule has 0 radical (unpaired) electrons. The van der Waals surface area contributed by atoms with Gasteiger partial charge < -0.3 is 10.1 Å². The van der Waals surface area contributed by atoms with E-state index < -0.39 is 87.0 Å². The second-order valence-corrected chi connectivity index (χ2v) is 19.0. The number of halogens is 7. The van der Waals surface area contributed by atoms with Crippen molar-refractivity contribution in [2.24, 2.45) is 13.0 Å². The Morgan fingerprint density at radius 2 is 1.85 bits per heavy atom. The maximum atomic E-state index is 15.5. The topological polar surface area (TPSA) is 104 Å². The van der Waals surface area contributed by atoms with E-state index in [1.54, 1.807) is 36.0 Å². The van der Waals surface area contributed by atoms with E-state index in [0.29, 0.717) is 63.2 Å². The zero-order chi connectivity index (χ0) is 42.2. The van der Waals surface area contributed by atoms with Crippen LogP contribution in [0.3, 0.4) is 0 Å². The fraction of sp³-hybridized carbons (Fsp3) is 0.405. The summed E-state index contributed by atoms with van der Waals surface area (Å²) in [6, 6.07) is 9.73. The number of ketones is 1. The summed E-state index contributed by atoms with van der Waals surface area (Å²) in [7, 11) is -0.880. The van der Waals surface area contributed by atoms with Crippen LogP contribution in [0.1, 0.15) is 77.6 Å². The van der Waals surface area contributed by atoms with Crippen LogP contribution in [-0.2, 0) is 50.7 Å². The van der Waals surface area contributed by atoms with Crippen molar-refractivity contribution in [2.75, 3.05) is 26.0 Å². The zero-order valence-corrected chi connectivity index (χ0v) is 33.8. The Balaban J connectivity index is 1.28. The van der Waals surface area contributed by atoms with E-state index in [2.05, 4.69) is 33.2 Å². The van der Waals surface area contributed by atoms with Gasteiger partial charge in [0.05, 0.1) is 34.3 Å². The Labute approximate surface area is 341 Å². The molecule has 5 aromatic rings. The number of ether oxygens (including phenoxy) is 1. The van der Waals surface area contributed by atoms with Gasteiger partial charge in [0, 0.05) is 72.8 Å². The third-order valence-electron chi connectivity index (χ3n) is 11.0. The van der Waals surface area contributed by atoms with E-state index in [-0.39, 0.29) is 41.1 Å². The van der Waals surface area contributed by atoms with Gasteiger partial charge in [-0.2, -0.15) is 19.0 Å². The number of carbonyl (C=O) groups excluding carboxylic acids is 1. The lowest BCUT2D eigenvalue weighted by Crippen LogP contribution is -2.46. The summed E-state index contributed by atoms with van der Waals surface area (Å²) in [6.07, 6.45) is -2.14. The zero-order valence-electron chi connectivity index (χ0n) is 32.2. The summed E-state index contributed by atoms with van der Waals surface area (Å²) in [4.78, 5) is 19.1. The number of rotatable bonds is 11. The predicted molar refractivity (Wildman–Crippen MR) is 212 cm³/mol. The van der Waals surface area contributed by atoms with Crippen LogP contribution in [0.5, 0.6) is 0 Å². The molecule has 9 nitrogen and oxygen atoms in total. The Bertz CT molecular complexity index is 2680. The van der Waals surface area contributed by atoms with Gasteiger partial charge in [-0.25, -0.2) is 22.5 Å². The van der Waals surface area contributed by atoms with Crippen molar-refractivity contribution >= 4 is 43.7 Å². The van der Waals surface area contributed by atoms with Crippen molar-refractivity contribution in [2.45, 2.75) is 68.3 Å². The molecule has 0 bridgehead atoms. The molecule has 4 heterocycles. The lowest BCUT2D eigenvalue weighted by atomic mass is 9.86. The van der Waals surface area contributed by atoms with Gasteiger partial charge in [0.15, 0.2) is 5.78 Å². The molecule has 2 fully saturated rings. The fourth-order valence-corrected chi connectivity index (χ4v) is 9.56. The number of nitrogens with zero attached hydrogens (tertiary/aromatic N) is 5. The molecule has 17 heteroatoms. The number of Topliss-reactive ketones (excluding diaryl/α,β-unsaturated/α-hetero) is 1. The third-order valence-corrected chi connectivity index (χ3v) is 12.2. The van der Waals surface area contributed by atoms with Crippen molar-refractivity contribution < 1.29 is 40.1 Å². The van der Waals surface area contributed by atoms with Crippen LogP contribution in [0, 0.1) is 29.4 Å². The summed E-state index contributed by atoms with van der Waals surface area (Å²) >= 11 is 6.75. The Kier molecular flexibility index (Phi) is 10.5. The number of fused-ring (bicyclic) bond motifs is 4. The van der Waals surface area contributed by atoms with E-state index in [9.17, 15) is 26.6 Å². The van der Waals surface area contributed by atoms with Crippen molar-refractivity contribution in [1.82, 2.24) is 29.9 Å². The van der Waals surface area contributed by atoms with Crippen LogP contribution in [-0.4, -0.2) is 72.0 Å². The molecule has 2 unspecified atom stereocenters. The molecule has 1 saturated heterocycles. The minimum atomic E-state index is -3.45. The molecule has 1 aliphatic heterocycles. The van der Waals surface area contributed by atoms with Gasteiger partial charge in [0.1, 0.15) is 40.9 Å². The molecule has 0 amide bonds. The summed E-state index contributed by atoms with van der Waals surface area (Å²) in [5.41, 5.74) is 0.183. The quantitative estimate of drug-likeness (QED) is 0.0836. The van der Waals surface area contributed by atoms with Crippen LogP contribution < -0.4 is 5.32 Å². The minimum Gasteiger partial charge on any atom is -0.360 e. The van der Waals surface area contributed by atoms with Crippen LogP contribution in [0.15, 0.2) is 42.5 Å². The van der Waals surface area contributed by atoms with Crippen molar-refractivity contribution in [3.05, 3.63) is 98.7 Å². The highest BCUT2D eigenvalue weighted by atomic mass is 35.5. The van der Waals surface area contributed by atoms with Gasteiger partial charge in [-0.3, -0.25) is 18.4 Å². The molecule has 1 saturated carbocycles. The SMILES string of the molecule is C=S(C)(=O)Cc1nn(C)c2c(-c3ccc(C#CC4(C)CNCCO4)nc3[C@@H](CC(=O)Cn3nc(C(F)F)c4c3C(F)(F)[C@@H]3C[C@H]43)Cc3cc(F)cc(F)c3)ccc(Cl)c12. The predicted octanol–water partition coefficient (Wildman–Crippen LogP) is 7.47. The highest BCUT2D eigenvalue weighted by Gasteiger charge is 2.67. The minimum absolute atomic E-state index is 0.0239. The summed E-state index contributed by atoms with van der Waals surface area (Å²) in [6.45, 7) is 2.60. The lowest BCUT2D eigenvalue weighted by molar-refractivity contribution is -0.120. The van der Waals surface area contributed by atoms with Gasteiger partial charge >= 0.3 is 0 Å². The molecule has 2 aromatic carbocycles. The maximum Gasteiger partial charge on any atom is 0.293 e. The Hall–Kier alpha value is -4.69. The molecule has 5 atom stereocenters. The molecule has 8 rings (SSSR count). The normalized spacial score (nSPS) is 22.1. The van der Waals surface area contributed by atoms with Gasteiger partial charge in [-0.15, -0.1) is 0 Å². The standard InChI is InChI=1S/C42H39ClF6N6O3S/c1-41(21-50-11-12-58-41)10-9-26-5-6-28(29-7-8-32(43)35-33(20-59(3,4)57)52-54(2)38(29)35)36(51-26)23(13-22-14-24(44)17-25(45)15-22)16-27(56)19-55-39-34(37(53-55)40(46)47)30-18-31(30)42(39,48)49/h5-8,14-15,17,23,30-31,40,50H,3,11-13,16,18-21H2,1-2,4H3/t23-,30+,31-,41?,59?/m1/s1. The van der Waals surface area contributed by atoms with E-state index in [0.717, 1.165) is 12.1 Å². The average Bonchev–Trinajstić information content (AvgIpc) is 3.69. The first-order chi connectivity index (χ1) is 27.8. The maximum absolute atomic E-state index is 15.5. The summed E-state index contributed by atoms with van der Waals surface area (Å²) < 4.78 is 110. The first-order valence-electron chi connectivity index (χ1n) is 18.9.